The average Bonchev–Trinajstić information content (AvgIpc) is 2.42. The number of anilines is 1. The molecule has 2 aromatic rings. The number of hydrogen-bond acceptors (Lipinski definition) is 1. The largest absolute Gasteiger partial charge is 0.381 e. The van der Waals surface area contributed by atoms with Gasteiger partial charge in [0.1, 0.15) is 0 Å². The molecule has 0 aliphatic rings. The van der Waals surface area contributed by atoms with Crippen molar-refractivity contribution >= 4 is 21.6 Å². The van der Waals surface area contributed by atoms with Crippen LogP contribution in [0.15, 0.2) is 46.9 Å². The van der Waals surface area contributed by atoms with E-state index in [2.05, 4.69) is 77.6 Å². The Bertz CT molecular complexity index is 549. The van der Waals surface area contributed by atoms with Crippen LogP contribution in [0.25, 0.3) is 0 Å². The van der Waals surface area contributed by atoms with Crippen LogP contribution in [0.4, 0.5) is 5.69 Å². The fourth-order valence-corrected chi connectivity index (χ4v) is 2.55. The topological polar surface area (TPSA) is 12.0 Å². The van der Waals surface area contributed by atoms with E-state index < -0.39 is 0 Å². The summed E-state index contributed by atoms with van der Waals surface area (Å²) >= 11 is 3.58. The summed E-state index contributed by atoms with van der Waals surface area (Å²) in [4.78, 5) is 0. The number of benzene rings is 2. The molecule has 19 heavy (non-hydrogen) atoms. The number of halogens is 1. The number of hydrogen-bond donors (Lipinski definition) is 1. The van der Waals surface area contributed by atoms with E-state index >= 15 is 0 Å². The SMILES string of the molecule is CCCc1ccccc1NCc1ccc(C)c(Br)c1. The molecule has 0 atom stereocenters. The molecule has 1 N–H and O–H groups in total. The molecular formula is C17H20BrN. The van der Waals surface area contributed by atoms with Gasteiger partial charge in [-0.25, -0.2) is 0 Å². The van der Waals surface area contributed by atoms with E-state index in [1.165, 1.54) is 33.3 Å². The quantitative estimate of drug-likeness (QED) is 0.786. The average molecular weight is 318 g/mol. The molecule has 0 amide bonds. The summed E-state index contributed by atoms with van der Waals surface area (Å²) in [6, 6.07) is 15.1. The first kappa shape index (κ1) is 14.1. The van der Waals surface area contributed by atoms with Crippen LogP contribution in [-0.4, -0.2) is 0 Å². The second kappa shape index (κ2) is 6.76. The molecule has 0 fully saturated rings. The second-order valence-electron chi connectivity index (χ2n) is 4.84. The highest BCUT2D eigenvalue weighted by atomic mass is 79.9. The Kier molecular flexibility index (Phi) is 5.03. The van der Waals surface area contributed by atoms with E-state index in [-0.39, 0.29) is 0 Å². The molecule has 0 radical (unpaired) electrons. The Balaban J connectivity index is 2.07. The molecular weight excluding hydrogens is 298 g/mol. The van der Waals surface area contributed by atoms with Crippen molar-refractivity contribution in [1.82, 2.24) is 0 Å². The van der Waals surface area contributed by atoms with E-state index in [9.17, 15) is 0 Å². The van der Waals surface area contributed by atoms with Gasteiger partial charge in [-0.3, -0.25) is 0 Å². The van der Waals surface area contributed by atoms with Crippen molar-refractivity contribution in [2.75, 3.05) is 5.32 Å². The van der Waals surface area contributed by atoms with Gasteiger partial charge in [0.25, 0.3) is 0 Å². The lowest BCUT2D eigenvalue weighted by molar-refractivity contribution is 0.919. The highest BCUT2D eigenvalue weighted by Gasteiger charge is 2.01. The lowest BCUT2D eigenvalue weighted by atomic mass is 10.1. The molecule has 0 aromatic heterocycles. The van der Waals surface area contributed by atoms with Crippen LogP contribution in [0.1, 0.15) is 30.0 Å². The van der Waals surface area contributed by atoms with Gasteiger partial charge in [-0.2, -0.15) is 0 Å². The minimum absolute atomic E-state index is 0.861. The first-order chi connectivity index (χ1) is 9.20. The highest BCUT2D eigenvalue weighted by molar-refractivity contribution is 9.10. The summed E-state index contributed by atoms with van der Waals surface area (Å²) < 4.78 is 1.17. The Morgan fingerprint density at radius 2 is 1.89 bits per heavy atom. The molecule has 100 valence electrons. The molecule has 0 aliphatic heterocycles. The molecule has 2 rings (SSSR count). The minimum Gasteiger partial charge on any atom is -0.381 e. The van der Waals surface area contributed by atoms with E-state index in [0.29, 0.717) is 0 Å². The number of nitrogens with one attached hydrogen (secondary N) is 1. The fourth-order valence-electron chi connectivity index (χ4n) is 2.12. The summed E-state index contributed by atoms with van der Waals surface area (Å²) in [5, 5.41) is 3.54. The van der Waals surface area contributed by atoms with Crippen LogP contribution in [-0.2, 0) is 13.0 Å². The molecule has 0 saturated carbocycles. The molecule has 0 heterocycles. The number of aryl methyl sites for hydroxylation is 2. The predicted molar refractivity (Wildman–Crippen MR) is 86.6 cm³/mol. The van der Waals surface area contributed by atoms with Crippen LogP contribution in [0.2, 0.25) is 0 Å². The zero-order valence-corrected chi connectivity index (χ0v) is 13.1. The zero-order valence-electron chi connectivity index (χ0n) is 11.5. The standard InChI is InChI=1S/C17H20BrN/c1-3-6-15-7-4-5-8-17(15)19-12-14-10-9-13(2)16(18)11-14/h4-5,7-11,19H,3,6,12H2,1-2H3. The van der Waals surface area contributed by atoms with Crippen molar-refractivity contribution in [1.29, 1.82) is 0 Å². The van der Waals surface area contributed by atoms with Crippen LogP contribution in [0, 0.1) is 6.92 Å². The maximum atomic E-state index is 3.58. The Morgan fingerprint density at radius 3 is 2.63 bits per heavy atom. The van der Waals surface area contributed by atoms with E-state index in [4.69, 9.17) is 0 Å². The van der Waals surface area contributed by atoms with Gasteiger partial charge >= 0.3 is 0 Å². The number of rotatable bonds is 5. The van der Waals surface area contributed by atoms with Gasteiger partial charge in [0.15, 0.2) is 0 Å². The summed E-state index contributed by atoms with van der Waals surface area (Å²) in [6.07, 6.45) is 2.30. The molecule has 0 aliphatic carbocycles. The highest BCUT2D eigenvalue weighted by Crippen LogP contribution is 2.20. The monoisotopic (exact) mass is 317 g/mol. The van der Waals surface area contributed by atoms with Gasteiger partial charge in [0.2, 0.25) is 0 Å². The van der Waals surface area contributed by atoms with E-state index in [1.54, 1.807) is 0 Å². The van der Waals surface area contributed by atoms with Crippen LogP contribution in [0.5, 0.6) is 0 Å². The smallest absolute Gasteiger partial charge is 0.0401 e. The summed E-state index contributed by atoms with van der Waals surface area (Å²) in [7, 11) is 0. The van der Waals surface area contributed by atoms with Crippen LogP contribution < -0.4 is 5.32 Å². The van der Waals surface area contributed by atoms with Crippen molar-refractivity contribution in [3.05, 3.63) is 63.6 Å². The predicted octanol–water partition coefficient (Wildman–Crippen LogP) is 5.32. The maximum Gasteiger partial charge on any atom is 0.0401 e. The molecule has 0 unspecified atom stereocenters. The lowest BCUT2D eigenvalue weighted by Gasteiger charge is -2.12. The van der Waals surface area contributed by atoms with Crippen molar-refractivity contribution in [2.24, 2.45) is 0 Å². The maximum absolute atomic E-state index is 3.58. The van der Waals surface area contributed by atoms with Gasteiger partial charge in [0.05, 0.1) is 0 Å². The summed E-state index contributed by atoms with van der Waals surface area (Å²) in [5.74, 6) is 0. The van der Waals surface area contributed by atoms with Gasteiger partial charge < -0.3 is 5.32 Å². The minimum atomic E-state index is 0.861. The molecule has 0 saturated heterocycles. The van der Waals surface area contributed by atoms with Gasteiger partial charge in [-0.05, 0) is 42.2 Å². The molecule has 2 aromatic carbocycles. The van der Waals surface area contributed by atoms with Gasteiger partial charge in [0, 0.05) is 16.7 Å². The van der Waals surface area contributed by atoms with Crippen molar-refractivity contribution in [3.63, 3.8) is 0 Å². The third-order valence-corrected chi connectivity index (χ3v) is 4.11. The fraction of sp³-hybridized carbons (Fsp3) is 0.294. The Labute approximate surface area is 124 Å². The molecule has 0 bridgehead atoms. The molecule has 0 spiro atoms. The van der Waals surface area contributed by atoms with Crippen LogP contribution >= 0.6 is 15.9 Å². The van der Waals surface area contributed by atoms with Crippen molar-refractivity contribution < 1.29 is 0 Å². The first-order valence-corrected chi connectivity index (χ1v) is 7.57. The van der Waals surface area contributed by atoms with E-state index in [0.717, 1.165) is 13.0 Å². The molecule has 1 nitrogen and oxygen atoms in total. The zero-order chi connectivity index (χ0) is 13.7. The van der Waals surface area contributed by atoms with E-state index in [1.807, 2.05) is 0 Å². The second-order valence-corrected chi connectivity index (χ2v) is 5.70. The van der Waals surface area contributed by atoms with Crippen molar-refractivity contribution in [2.45, 2.75) is 33.2 Å². The first-order valence-electron chi connectivity index (χ1n) is 6.77. The number of para-hydroxylation sites is 1. The molecule has 2 heteroatoms. The van der Waals surface area contributed by atoms with Gasteiger partial charge in [-0.15, -0.1) is 0 Å². The summed E-state index contributed by atoms with van der Waals surface area (Å²) in [5.41, 5.74) is 5.22. The third kappa shape index (κ3) is 3.84. The van der Waals surface area contributed by atoms with Gasteiger partial charge in [-0.1, -0.05) is 59.6 Å². The normalized spacial score (nSPS) is 10.5. The van der Waals surface area contributed by atoms with Crippen molar-refractivity contribution in [3.8, 4) is 0 Å². The Morgan fingerprint density at radius 1 is 1.11 bits per heavy atom. The third-order valence-electron chi connectivity index (χ3n) is 3.26. The summed E-state index contributed by atoms with van der Waals surface area (Å²) in [6.45, 7) is 5.19. The van der Waals surface area contributed by atoms with Crippen LogP contribution in [0.3, 0.4) is 0 Å². The Hall–Kier alpha value is -1.28. The lowest BCUT2D eigenvalue weighted by Crippen LogP contribution is -2.02.